The van der Waals surface area contributed by atoms with Crippen molar-refractivity contribution < 1.29 is 0 Å². The minimum absolute atomic E-state index is 0.960. The summed E-state index contributed by atoms with van der Waals surface area (Å²) in [7, 11) is 0. The quantitative estimate of drug-likeness (QED) is 0.804. The second-order valence-electron chi connectivity index (χ2n) is 4.78. The van der Waals surface area contributed by atoms with Crippen molar-refractivity contribution in [3.63, 3.8) is 0 Å². The Morgan fingerprint density at radius 3 is 2.82 bits per heavy atom. The maximum atomic E-state index is 4.30. The Bertz CT molecular complexity index is 511. The van der Waals surface area contributed by atoms with Crippen molar-refractivity contribution in [2.24, 2.45) is 0 Å². The number of pyridine rings is 1. The van der Waals surface area contributed by atoms with E-state index in [0.29, 0.717) is 0 Å². The van der Waals surface area contributed by atoms with E-state index < -0.39 is 0 Å². The Kier molecular flexibility index (Phi) is 2.81. The molecule has 3 heterocycles. The molecule has 0 atom stereocenters. The fraction of sp³-hybridized carbons (Fsp3) is 0.538. The second-order valence-corrected chi connectivity index (χ2v) is 4.78. The van der Waals surface area contributed by atoms with Crippen molar-refractivity contribution in [2.75, 3.05) is 19.6 Å². The number of likely N-dealkylation sites (tertiary alicyclic amines) is 1. The molecule has 0 N–H and O–H groups in total. The summed E-state index contributed by atoms with van der Waals surface area (Å²) in [6, 6.07) is 6.15. The zero-order valence-corrected chi connectivity index (χ0v) is 10.3. The Hall–Kier alpha value is -1.42. The lowest BCUT2D eigenvalue weighted by Gasteiger charge is -2.13. The first-order valence-corrected chi connectivity index (χ1v) is 6.36. The molecule has 0 aromatic carbocycles. The van der Waals surface area contributed by atoms with E-state index in [1.54, 1.807) is 0 Å². The minimum Gasteiger partial charge on any atom is -0.303 e. The van der Waals surface area contributed by atoms with Crippen molar-refractivity contribution >= 4 is 5.65 Å². The van der Waals surface area contributed by atoms with Gasteiger partial charge in [0.05, 0.1) is 0 Å². The highest BCUT2D eigenvalue weighted by molar-refractivity contribution is 5.39. The first-order chi connectivity index (χ1) is 8.34. The van der Waals surface area contributed by atoms with Crippen molar-refractivity contribution in [3.8, 4) is 0 Å². The van der Waals surface area contributed by atoms with Crippen LogP contribution >= 0.6 is 0 Å². The van der Waals surface area contributed by atoms with Gasteiger partial charge in [-0.3, -0.25) is 4.40 Å². The number of hydrogen-bond donors (Lipinski definition) is 0. The van der Waals surface area contributed by atoms with Crippen LogP contribution in [-0.2, 0) is 6.42 Å². The molecule has 4 heteroatoms. The summed E-state index contributed by atoms with van der Waals surface area (Å²) in [5.74, 6) is 1.09. The highest BCUT2D eigenvalue weighted by Crippen LogP contribution is 2.11. The Morgan fingerprint density at radius 1 is 1.18 bits per heavy atom. The average molecular weight is 230 g/mol. The van der Waals surface area contributed by atoms with Crippen LogP contribution in [0.3, 0.4) is 0 Å². The number of hydrogen-bond acceptors (Lipinski definition) is 3. The molecule has 0 radical (unpaired) electrons. The van der Waals surface area contributed by atoms with Gasteiger partial charge in [-0.15, -0.1) is 10.2 Å². The molecule has 2 aromatic rings. The molecule has 0 amide bonds. The molecule has 2 aromatic heterocycles. The summed E-state index contributed by atoms with van der Waals surface area (Å²) < 4.78 is 2.16. The standard InChI is InChI=1S/C13H18N4/c1-11-5-4-6-12-14-15-13(17(11)12)7-10-16-8-2-3-9-16/h4-6H,2-3,7-10H2,1H3. The number of fused-ring (bicyclic) bond motifs is 1. The third-order valence-electron chi connectivity index (χ3n) is 3.54. The number of nitrogens with zero attached hydrogens (tertiary/aromatic N) is 4. The minimum atomic E-state index is 0.960. The van der Waals surface area contributed by atoms with Gasteiger partial charge < -0.3 is 4.90 Å². The monoisotopic (exact) mass is 230 g/mol. The van der Waals surface area contributed by atoms with Gasteiger partial charge in [-0.05, 0) is 45.0 Å². The molecule has 0 saturated carbocycles. The highest BCUT2D eigenvalue weighted by Gasteiger charge is 2.13. The molecule has 0 aliphatic carbocycles. The molecular formula is C13H18N4. The lowest BCUT2D eigenvalue weighted by atomic mass is 10.3. The van der Waals surface area contributed by atoms with Gasteiger partial charge in [0.25, 0.3) is 0 Å². The summed E-state index contributed by atoms with van der Waals surface area (Å²) in [6.45, 7) is 5.70. The summed E-state index contributed by atoms with van der Waals surface area (Å²) in [6.07, 6.45) is 3.69. The van der Waals surface area contributed by atoms with Gasteiger partial charge >= 0.3 is 0 Å². The normalized spacial score (nSPS) is 17.0. The van der Waals surface area contributed by atoms with E-state index in [1.807, 2.05) is 12.1 Å². The Labute approximate surface area is 101 Å². The van der Waals surface area contributed by atoms with Crippen LogP contribution in [0.2, 0.25) is 0 Å². The van der Waals surface area contributed by atoms with Gasteiger partial charge in [0.1, 0.15) is 5.82 Å². The third kappa shape index (κ3) is 2.05. The predicted octanol–water partition coefficient (Wildman–Crippen LogP) is 1.68. The summed E-state index contributed by atoms with van der Waals surface area (Å²) >= 11 is 0. The van der Waals surface area contributed by atoms with Crippen LogP contribution in [0.25, 0.3) is 5.65 Å². The zero-order chi connectivity index (χ0) is 11.7. The second kappa shape index (κ2) is 4.45. The molecule has 1 aliphatic heterocycles. The molecule has 17 heavy (non-hydrogen) atoms. The van der Waals surface area contributed by atoms with Crippen LogP contribution in [-0.4, -0.2) is 39.1 Å². The molecule has 1 saturated heterocycles. The smallest absolute Gasteiger partial charge is 0.160 e. The number of rotatable bonds is 3. The molecule has 1 fully saturated rings. The summed E-state index contributed by atoms with van der Waals surface area (Å²) in [4.78, 5) is 2.51. The highest BCUT2D eigenvalue weighted by atomic mass is 15.3. The molecule has 1 aliphatic rings. The SMILES string of the molecule is Cc1cccc2nnc(CCN3CCCC3)n12. The molecule has 0 unspecified atom stereocenters. The van der Waals surface area contributed by atoms with Crippen LogP contribution in [0.5, 0.6) is 0 Å². The number of aromatic nitrogens is 3. The van der Waals surface area contributed by atoms with Gasteiger partial charge in [0, 0.05) is 18.7 Å². The van der Waals surface area contributed by atoms with E-state index in [4.69, 9.17) is 0 Å². The summed E-state index contributed by atoms with van der Waals surface area (Å²) in [5.41, 5.74) is 2.17. The van der Waals surface area contributed by atoms with E-state index in [-0.39, 0.29) is 0 Å². The zero-order valence-electron chi connectivity index (χ0n) is 10.3. The topological polar surface area (TPSA) is 33.4 Å². The van der Waals surface area contributed by atoms with E-state index >= 15 is 0 Å². The summed E-state index contributed by atoms with van der Waals surface area (Å²) in [5, 5.41) is 8.52. The average Bonchev–Trinajstić information content (AvgIpc) is 2.95. The van der Waals surface area contributed by atoms with Gasteiger partial charge in [-0.1, -0.05) is 6.07 Å². The maximum absolute atomic E-state index is 4.30. The lowest BCUT2D eigenvalue weighted by molar-refractivity contribution is 0.340. The predicted molar refractivity (Wildman–Crippen MR) is 67.1 cm³/mol. The maximum Gasteiger partial charge on any atom is 0.160 e. The van der Waals surface area contributed by atoms with Crippen LogP contribution < -0.4 is 0 Å². The van der Waals surface area contributed by atoms with Crippen LogP contribution in [0.4, 0.5) is 0 Å². The van der Waals surface area contributed by atoms with Gasteiger partial charge in [-0.25, -0.2) is 0 Å². The fourth-order valence-electron chi connectivity index (χ4n) is 2.60. The van der Waals surface area contributed by atoms with Gasteiger partial charge in [-0.2, -0.15) is 0 Å². The van der Waals surface area contributed by atoms with Gasteiger partial charge in [0.15, 0.2) is 5.65 Å². The van der Waals surface area contributed by atoms with Crippen molar-refractivity contribution in [1.29, 1.82) is 0 Å². The van der Waals surface area contributed by atoms with Gasteiger partial charge in [0.2, 0.25) is 0 Å². The van der Waals surface area contributed by atoms with Crippen molar-refractivity contribution in [1.82, 2.24) is 19.5 Å². The molecular weight excluding hydrogens is 212 g/mol. The van der Waals surface area contributed by atoms with Crippen molar-refractivity contribution in [2.45, 2.75) is 26.2 Å². The first kappa shape index (κ1) is 10.7. The van der Waals surface area contributed by atoms with Crippen LogP contribution in [0.15, 0.2) is 18.2 Å². The Morgan fingerprint density at radius 2 is 2.00 bits per heavy atom. The van der Waals surface area contributed by atoms with Crippen LogP contribution in [0, 0.1) is 6.92 Å². The first-order valence-electron chi connectivity index (χ1n) is 6.36. The molecule has 3 rings (SSSR count). The van der Waals surface area contributed by atoms with Crippen molar-refractivity contribution in [3.05, 3.63) is 29.7 Å². The third-order valence-corrected chi connectivity index (χ3v) is 3.54. The molecule has 0 bridgehead atoms. The molecule has 90 valence electrons. The molecule has 0 spiro atoms. The number of aryl methyl sites for hydroxylation is 1. The van der Waals surface area contributed by atoms with E-state index in [0.717, 1.165) is 24.4 Å². The van der Waals surface area contributed by atoms with E-state index in [1.165, 1.54) is 31.6 Å². The lowest BCUT2D eigenvalue weighted by Crippen LogP contribution is -2.22. The fourth-order valence-corrected chi connectivity index (χ4v) is 2.60. The Balaban J connectivity index is 1.80. The molecule has 4 nitrogen and oxygen atoms in total. The van der Waals surface area contributed by atoms with Crippen LogP contribution in [0.1, 0.15) is 24.4 Å². The van der Waals surface area contributed by atoms with E-state index in [9.17, 15) is 0 Å². The largest absolute Gasteiger partial charge is 0.303 e. The van der Waals surface area contributed by atoms with E-state index in [2.05, 4.69) is 32.5 Å².